The Morgan fingerprint density at radius 2 is 1.92 bits per heavy atom. The Balaban J connectivity index is 1.69. The van der Waals surface area contributed by atoms with E-state index in [-0.39, 0.29) is 5.91 Å². The summed E-state index contributed by atoms with van der Waals surface area (Å²) in [6.45, 7) is 4.00. The van der Waals surface area contributed by atoms with Crippen LogP contribution in [0.1, 0.15) is 24.0 Å². The molecule has 1 amide bonds. The molecular formula is C21H26N2O3. The highest BCUT2D eigenvalue weighted by atomic mass is 16.5. The van der Waals surface area contributed by atoms with Gasteiger partial charge in [0.05, 0.1) is 0 Å². The van der Waals surface area contributed by atoms with Crippen LogP contribution in [-0.2, 0) is 16.1 Å². The van der Waals surface area contributed by atoms with E-state index in [1.54, 1.807) is 7.11 Å². The molecule has 2 aromatic carbocycles. The van der Waals surface area contributed by atoms with Crippen molar-refractivity contribution in [3.8, 4) is 11.5 Å². The molecule has 1 heterocycles. The van der Waals surface area contributed by atoms with Gasteiger partial charge in [-0.3, -0.25) is 4.79 Å². The summed E-state index contributed by atoms with van der Waals surface area (Å²) in [6.07, 6.45) is 1.35. The first kappa shape index (κ1) is 18.4. The lowest BCUT2D eigenvalue weighted by Crippen LogP contribution is -2.53. The minimum absolute atomic E-state index is 0.0631. The van der Waals surface area contributed by atoms with Crippen LogP contribution in [0, 0.1) is 6.92 Å². The molecule has 0 aliphatic carbocycles. The van der Waals surface area contributed by atoms with E-state index in [1.807, 2.05) is 55.5 Å². The van der Waals surface area contributed by atoms with Gasteiger partial charge in [0, 0.05) is 19.2 Å². The number of carbonyl (C=O) groups is 1. The minimum Gasteiger partial charge on any atom is -0.457 e. The summed E-state index contributed by atoms with van der Waals surface area (Å²) in [5.74, 6) is 1.47. The molecule has 0 radical (unpaired) electrons. The van der Waals surface area contributed by atoms with Crippen molar-refractivity contribution < 1.29 is 14.3 Å². The molecule has 5 nitrogen and oxygen atoms in total. The van der Waals surface area contributed by atoms with Crippen LogP contribution in [0.15, 0.2) is 48.5 Å². The van der Waals surface area contributed by atoms with Crippen molar-refractivity contribution >= 4 is 5.91 Å². The van der Waals surface area contributed by atoms with Crippen molar-refractivity contribution in [3.63, 3.8) is 0 Å². The van der Waals surface area contributed by atoms with Crippen molar-refractivity contribution in [2.45, 2.75) is 31.9 Å². The van der Waals surface area contributed by atoms with Crippen molar-refractivity contribution in [2.24, 2.45) is 0 Å². The number of methoxy groups -OCH3 is 1. The van der Waals surface area contributed by atoms with Gasteiger partial charge < -0.3 is 20.1 Å². The van der Waals surface area contributed by atoms with Gasteiger partial charge >= 0.3 is 0 Å². The molecule has 3 rings (SSSR count). The number of para-hydroxylation sites is 1. The zero-order valence-corrected chi connectivity index (χ0v) is 15.4. The molecule has 138 valence electrons. The van der Waals surface area contributed by atoms with Crippen LogP contribution in [0.4, 0.5) is 0 Å². The molecule has 2 N–H and O–H groups in total. The predicted molar refractivity (Wildman–Crippen MR) is 101 cm³/mol. The molecular weight excluding hydrogens is 328 g/mol. The number of ether oxygens (including phenoxy) is 2. The number of carbonyl (C=O) groups excluding carboxylic acids is 1. The Bertz CT molecular complexity index is 754. The van der Waals surface area contributed by atoms with Gasteiger partial charge in [-0.05, 0) is 56.6 Å². The summed E-state index contributed by atoms with van der Waals surface area (Å²) in [4.78, 5) is 12.7. The van der Waals surface area contributed by atoms with E-state index >= 15 is 0 Å². The van der Waals surface area contributed by atoms with Crippen LogP contribution in [0.2, 0.25) is 0 Å². The highest BCUT2D eigenvalue weighted by Crippen LogP contribution is 2.27. The first-order chi connectivity index (χ1) is 12.6. The summed E-state index contributed by atoms with van der Waals surface area (Å²) in [6, 6.07) is 15.7. The van der Waals surface area contributed by atoms with E-state index in [4.69, 9.17) is 9.47 Å². The van der Waals surface area contributed by atoms with Gasteiger partial charge in [-0.2, -0.15) is 0 Å². The summed E-state index contributed by atoms with van der Waals surface area (Å²) >= 11 is 0. The van der Waals surface area contributed by atoms with Crippen LogP contribution in [-0.4, -0.2) is 31.7 Å². The number of piperidine rings is 1. The molecule has 5 heteroatoms. The maximum Gasteiger partial charge on any atom is 0.252 e. The van der Waals surface area contributed by atoms with E-state index in [0.717, 1.165) is 35.7 Å². The van der Waals surface area contributed by atoms with Crippen LogP contribution in [0.5, 0.6) is 11.5 Å². The Kier molecular flexibility index (Phi) is 5.91. The SMILES string of the molecule is COC1(C(=O)NCc2ccccc2Oc2cccc(C)c2)CCNCC1. The lowest BCUT2D eigenvalue weighted by atomic mass is 9.91. The largest absolute Gasteiger partial charge is 0.457 e. The third-order valence-corrected chi connectivity index (χ3v) is 4.85. The lowest BCUT2D eigenvalue weighted by molar-refractivity contribution is -0.146. The third kappa shape index (κ3) is 4.23. The smallest absolute Gasteiger partial charge is 0.252 e. The van der Waals surface area contributed by atoms with Crippen LogP contribution >= 0.6 is 0 Å². The lowest BCUT2D eigenvalue weighted by Gasteiger charge is -2.34. The first-order valence-electron chi connectivity index (χ1n) is 8.99. The number of benzene rings is 2. The molecule has 1 fully saturated rings. The Morgan fingerprint density at radius 3 is 2.65 bits per heavy atom. The van der Waals surface area contributed by atoms with Gasteiger partial charge in [0.1, 0.15) is 17.1 Å². The Morgan fingerprint density at radius 1 is 1.15 bits per heavy atom. The van der Waals surface area contributed by atoms with Crippen molar-refractivity contribution in [2.75, 3.05) is 20.2 Å². The van der Waals surface area contributed by atoms with Crippen LogP contribution in [0.25, 0.3) is 0 Å². The van der Waals surface area contributed by atoms with Gasteiger partial charge in [0.2, 0.25) is 0 Å². The quantitative estimate of drug-likeness (QED) is 0.836. The van der Waals surface area contributed by atoms with Gasteiger partial charge in [0.25, 0.3) is 5.91 Å². The predicted octanol–water partition coefficient (Wildman–Crippen LogP) is 3.17. The van der Waals surface area contributed by atoms with E-state index in [1.165, 1.54) is 0 Å². The minimum atomic E-state index is -0.738. The zero-order valence-electron chi connectivity index (χ0n) is 15.4. The third-order valence-electron chi connectivity index (χ3n) is 4.85. The molecule has 1 aliphatic rings. The van der Waals surface area contributed by atoms with Gasteiger partial charge in [-0.1, -0.05) is 30.3 Å². The number of aryl methyl sites for hydroxylation is 1. The highest BCUT2D eigenvalue weighted by Gasteiger charge is 2.39. The fourth-order valence-electron chi connectivity index (χ4n) is 3.25. The molecule has 0 unspecified atom stereocenters. The summed E-state index contributed by atoms with van der Waals surface area (Å²) < 4.78 is 11.6. The average molecular weight is 354 g/mol. The second-order valence-electron chi connectivity index (χ2n) is 6.66. The van der Waals surface area contributed by atoms with Crippen molar-refractivity contribution in [1.29, 1.82) is 0 Å². The maximum absolute atomic E-state index is 12.7. The van der Waals surface area contributed by atoms with Crippen LogP contribution < -0.4 is 15.4 Å². The molecule has 0 aromatic heterocycles. The molecule has 1 saturated heterocycles. The van der Waals surface area contributed by atoms with Crippen LogP contribution in [0.3, 0.4) is 0 Å². The fourth-order valence-corrected chi connectivity index (χ4v) is 3.25. The van der Waals surface area contributed by atoms with Crippen molar-refractivity contribution in [1.82, 2.24) is 10.6 Å². The number of rotatable bonds is 6. The van der Waals surface area contributed by atoms with Gasteiger partial charge in [-0.15, -0.1) is 0 Å². The normalized spacial score (nSPS) is 16.1. The number of hydrogen-bond acceptors (Lipinski definition) is 4. The van der Waals surface area contributed by atoms with Crippen molar-refractivity contribution in [3.05, 3.63) is 59.7 Å². The average Bonchev–Trinajstić information content (AvgIpc) is 2.67. The summed E-state index contributed by atoms with van der Waals surface area (Å²) in [5, 5.41) is 6.29. The second kappa shape index (κ2) is 8.34. The molecule has 0 saturated carbocycles. The topological polar surface area (TPSA) is 59.6 Å². The Hall–Kier alpha value is -2.37. The van der Waals surface area contributed by atoms with E-state index in [2.05, 4.69) is 10.6 Å². The molecule has 26 heavy (non-hydrogen) atoms. The standard InChI is InChI=1S/C21H26N2O3/c1-16-6-5-8-18(14-16)26-19-9-4-3-7-17(19)15-23-20(24)21(25-2)10-12-22-13-11-21/h3-9,14,22H,10-13,15H2,1-2H3,(H,23,24). The number of hydrogen-bond donors (Lipinski definition) is 2. The highest BCUT2D eigenvalue weighted by molar-refractivity contribution is 5.85. The second-order valence-corrected chi connectivity index (χ2v) is 6.66. The molecule has 0 atom stereocenters. The van der Waals surface area contributed by atoms with E-state index in [0.29, 0.717) is 19.4 Å². The molecule has 1 aliphatic heterocycles. The maximum atomic E-state index is 12.7. The molecule has 0 bridgehead atoms. The summed E-state index contributed by atoms with van der Waals surface area (Å²) in [5.41, 5.74) is 1.33. The van der Waals surface area contributed by atoms with Gasteiger partial charge in [-0.25, -0.2) is 0 Å². The van der Waals surface area contributed by atoms with Gasteiger partial charge in [0.15, 0.2) is 0 Å². The van der Waals surface area contributed by atoms with E-state index in [9.17, 15) is 4.79 Å². The Labute approximate surface area is 154 Å². The fraction of sp³-hybridized carbons (Fsp3) is 0.381. The molecule has 0 spiro atoms. The summed E-state index contributed by atoms with van der Waals surface area (Å²) in [7, 11) is 1.61. The number of nitrogens with one attached hydrogen (secondary N) is 2. The zero-order chi connectivity index (χ0) is 18.4. The number of amides is 1. The monoisotopic (exact) mass is 354 g/mol. The van der Waals surface area contributed by atoms with E-state index < -0.39 is 5.60 Å². The first-order valence-corrected chi connectivity index (χ1v) is 8.99. The molecule has 2 aromatic rings.